The van der Waals surface area contributed by atoms with Crippen molar-refractivity contribution in [2.75, 3.05) is 11.9 Å². The molecule has 3 nitrogen and oxygen atoms in total. The smallest absolute Gasteiger partial charge is 0.225 e. The number of carbonyl (C=O) groups excluding carboxylic acids is 1. The fraction of sp³-hybridized carbons (Fsp3) is 0.500. The highest BCUT2D eigenvalue weighted by molar-refractivity contribution is 5.91. The maximum atomic E-state index is 11.7. The van der Waals surface area contributed by atoms with Crippen LogP contribution in [0.25, 0.3) is 0 Å². The van der Waals surface area contributed by atoms with Crippen molar-refractivity contribution in [1.82, 2.24) is 5.32 Å². The zero-order valence-electron chi connectivity index (χ0n) is 11.1. The summed E-state index contributed by atoms with van der Waals surface area (Å²) in [5.41, 5.74) is 3.22. The molecular weight excluding hydrogens is 212 g/mol. The number of hydrogen-bond donors (Lipinski definition) is 2. The van der Waals surface area contributed by atoms with Crippen LogP contribution in [0.5, 0.6) is 0 Å². The van der Waals surface area contributed by atoms with Gasteiger partial charge in [0.05, 0.1) is 0 Å². The van der Waals surface area contributed by atoms with Crippen molar-refractivity contribution < 1.29 is 4.79 Å². The van der Waals surface area contributed by atoms with Gasteiger partial charge in [-0.05, 0) is 25.5 Å². The Morgan fingerprint density at radius 2 is 2.00 bits per heavy atom. The third-order valence-corrected chi connectivity index (χ3v) is 2.56. The van der Waals surface area contributed by atoms with Crippen molar-refractivity contribution in [2.45, 2.75) is 40.2 Å². The van der Waals surface area contributed by atoms with Gasteiger partial charge in [-0.3, -0.25) is 4.79 Å². The molecule has 94 valence electrons. The molecule has 2 N–H and O–H groups in total. The summed E-state index contributed by atoms with van der Waals surface area (Å²) in [5.74, 6) is 0.0603. The number of nitrogens with one attached hydrogen (secondary N) is 2. The standard InChI is InChI=1S/C14H22N2O/c1-10(2)15-8-7-14(17)16-13-6-5-11(3)9-12(13)4/h5-6,9-10,15H,7-8H2,1-4H3,(H,16,17). The van der Waals surface area contributed by atoms with Crippen LogP contribution < -0.4 is 10.6 Å². The summed E-state index contributed by atoms with van der Waals surface area (Å²) in [6, 6.07) is 6.46. The Labute approximate surface area is 104 Å². The number of benzene rings is 1. The summed E-state index contributed by atoms with van der Waals surface area (Å²) in [7, 11) is 0. The van der Waals surface area contributed by atoms with Crippen LogP contribution in [0.3, 0.4) is 0 Å². The maximum absolute atomic E-state index is 11.7. The van der Waals surface area contributed by atoms with Gasteiger partial charge in [0.25, 0.3) is 0 Å². The normalized spacial score (nSPS) is 10.6. The summed E-state index contributed by atoms with van der Waals surface area (Å²) in [6.45, 7) is 8.92. The van der Waals surface area contributed by atoms with E-state index in [9.17, 15) is 4.79 Å². The van der Waals surface area contributed by atoms with Crippen LogP contribution in [-0.4, -0.2) is 18.5 Å². The fourth-order valence-electron chi connectivity index (χ4n) is 1.64. The molecule has 0 radical (unpaired) electrons. The minimum Gasteiger partial charge on any atom is -0.326 e. The molecule has 0 bridgehead atoms. The molecule has 0 aliphatic rings. The first-order valence-corrected chi connectivity index (χ1v) is 6.09. The Balaban J connectivity index is 2.45. The lowest BCUT2D eigenvalue weighted by atomic mass is 10.1. The highest BCUT2D eigenvalue weighted by atomic mass is 16.1. The zero-order valence-corrected chi connectivity index (χ0v) is 11.1. The van der Waals surface area contributed by atoms with Crippen LogP contribution in [0.1, 0.15) is 31.4 Å². The number of hydrogen-bond acceptors (Lipinski definition) is 2. The van der Waals surface area contributed by atoms with Crippen molar-refractivity contribution in [2.24, 2.45) is 0 Å². The molecule has 0 atom stereocenters. The predicted octanol–water partition coefficient (Wildman–Crippen LogP) is 2.63. The van der Waals surface area contributed by atoms with E-state index in [4.69, 9.17) is 0 Å². The van der Waals surface area contributed by atoms with Crippen LogP contribution in [-0.2, 0) is 4.79 Å². The Hall–Kier alpha value is -1.35. The lowest BCUT2D eigenvalue weighted by Gasteiger charge is -2.10. The second kappa shape index (κ2) is 6.40. The van der Waals surface area contributed by atoms with Crippen molar-refractivity contribution >= 4 is 11.6 Å². The van der Waals surface area contributed by atoms with Crippen LogP contribution >= 0.6 is 0 Å². The van der Waals surface area contributed by atoms with E-state index in [0.717, 1.165) is 11.3 Å². The average Bonchev–Trinajstić information content (AvgIpc) is 2.21. The molecule has 0 saturated heterocycles. The van der Waals surface area contributed by atoms with Crippen LogP contribution in [0, 0.1) is 13.8 Å². The van der Waals surface area contributed by atoms with Gasteiger partial charge >= 0.3 is 0 Å². The second-order valence-electron chi connectivity index (χ2n) is 4.73. The molecule has 17 heavy (non-hydrogen) atoms. The van der Waals surface area contributed by atoms with Crippen molar-refractivity contribution in [3.05, 3.63) is 29.3 Å². The van der Waals surface area contributed by atoms with Crippen molar-refractivity contribution in [1.29, 1.82) is 0 Å². The van der Waals surface area contributed by atoms with E-state index in [1.807, 2.05) is 26.0 Å². The Kier molecular flexibility index (Phi) is 5.16. The van der Waals surface area contributed by atoms with Crippen molar-refractivity contribution in [3.8, 4) is 0 Å². The van der Waals surface area contributed by atoms with Gasteiger partial charge in [-0.15, -0.1) is 0 Å². The van der Waals surface area contributed by atoms with E-state index in [0.29, 0.717) is 19.0 Å². The lowest BCUT2D eigenvalue weighted by molar-refractivity contribution is -0.116. The third-order valence-electron chi connectivity index (χ3n) is 2.56. The van der Waals surface area contributed by atoms with Crippen LogP contribution in [0.4, 0.5) is 5.69 Å². The quantitative estimate of drug-likeness (QED) is 0.822. The molecule has 0 heterocycles. The average molecular weight is 234 g/mol. The lowest BCUT2D eigenvalue weighted by Crippen LogP contribution is -2.27. The maximum Gasteiger partial charge on any atom is 0.225 e. The molecule has 1 aromatic carbocycles. The highest BCUT2D eigenvalue weighted by Gasteiger charge is 2.04. The van der Waals surface area contributed by atoms with E-state index < -0.39 is 0 Å². The molecule has 3 heteroatoms. The Bertz CT molecular complexity index is 386. The van der Waals surface area contributed by atoms with Gasteiger partial charge in [0.2, 0.25) is 5.91 Å². The molecule has 0 spiro atoms. The SMILES string of the molecule is Cc1ccc(NC(=O)CCNC(C)C)c(C)c1. The summed E-state index contributed by atoms with van der Waals surface area (Å²) in [6.07, 6.45) is 0.505. The Morgan fingerprint density at radius 3 is 2.59 bits per heavy atom. The van der Waals surface area contributed by atoms with Crippen LogP contribution in [0.15, 0.2) is 18.2 Å². The summed E-state index contributed by atoms with van der Waals surface area (Å²) in [5, 5.41) is 6.16. The number of carbonyl (C=O) groups is 1. The fourth-order valence-corrected chi connectivity index (χ4v) is 1.64. The van der Waals surface area contributed by atoms with Gasteiger partial charge in [0.15, 0.2) is 0 Å². The molecule has 0 unspecified atom stereocenters. The Morgan fingerprint density at radius 1 is 1.29 bits per heavy atom. The molecule has 0 fully saturated rings. The molecule has 0 aliphatic heterocycles. The molecule has 1 aromatic rings. The van der Waals surface area contributed by atoms with Gasteiger partial charge in [-0.1, -0.05) is 31.5 Å². The first kappa shape index (κ1) is 13.7. The van der Waals surface area contributed by atoms with Gasteiger partial charge in [0, 0.05) is 24.7 Å². The topological polar surface area (TPSA) is 41.1 Å². The second-order valence-corrected chi connectivity index (χ2v) is 4.73. The first-order chi connectivity index (χ1) is 7.99. The monoisotopic (exact) mass is 234 g/mol. The minimum atomic E-state index is 0.0603. The van der Waals surface area contributed by atoms with Gasteiger partial charge in [-0.25, -0.2) is 0 Å². The molecule has 1 amide bonds. The highest BCUT2D eigenvalue weighted by Crippen LogP contribution is 2.15. The van der Waals surface area contributed by atoms with Crippen molar-refractivity contribution in [3.63, 3.8) is 0 Å². The van der Waals surface area contributed by atoms with Gasteiger partial charge in [-0.2, -0.15) is 0 Å². The number of amides is 1. The third kappa shape index (κ3) is 5.00. The zero-order chi connectivity index (χ0) is 12.8. The largest absolute Gasteiger partial charge is 0.326 e. The summed E-state index contributed by atoms with van der Waals surface area (Å²) >= 11 is 0. The van der Waals surface area contributed by atoms with E-state index in [2.05, 4.69) is 30.5 Å². The first-order valence-electron chi connectivity index (χ1n) is 6.09. The van der Waals surface area contributed by atoms with E-state index in [1.165, 1.54) is 5.56 Å². The molecule has 0 saturated carbocycles. The molecule has 0 aromatic heterocycles. The van der Waals surface area contributed by atoms with E-state index in [1.54, 1.807) is 0 Å². The van der Waals surface area contributed by atoms with Gasteiger partial charge in [0.1, 0.15) is 0 Å². The predicted molar refractivity (Wildman–Crippen MR) is 72.3 cm³/mol. The number of rotatable bonds is 5. The summed E-state index contributed by atoms with van der Waals surface area (Å²) < 4.78 is 0. The van der Waals surface area contributed by atoms with Gasteiger partial charge < -0.3 is 10.6 Å². The van der Waals surface area contributed by atoms with E-state index in [-0.39, 0.29) is 5.91 Å². The minimum absolute atomic E-state index is 0.0603. The van der Waals surface area contributed by atoms with E-state index >= 15 is 0 Å². The molecule has 1 rings (SSSR count). The number of anilines is 1. The molecule has 0 aliphatic carbocycles. The molecular formula is C14H22N2O. The summed E-state index contributed by atoms with van der Waals surface area (Å²) in [4.78, 5) is 11.7. The number of aryl methyl sites for hydroxylation is 2. The van der Waals surface area contributed by atoms with Crippen LogP contribution in [0.2, 0.25) is 0 Å².